The molecule has 1 atom stereocenters. The second-order valence-electron chi connectivity index (χ2n) is 2.19. The topological polar surface area (TPSA) is 46.5 Å². The Morgan fingerprint density at radius 2 is 2.36 bits per heavy atom. The number of aliphatic hydroxyl groups is 1. The van der Waals surface area contributed by atoms with E-state index in [0.717, 1.165) is 0 Å². The summed E-state index contributed by atoms with van der Waals surface area (Å²) >= 11 is 5.25. The van der Waals surface area contributed by atoms with Crippen LogP contribution in [-0.4, -0.2) is 29.7 Å². The molecule has 64 valence electrons. The van der Waals surface area contributed by atoms with E-state index in [0.29, 0.717) is 5.57 Å². The Morgan fingerprint density at radius 1 is 1.82 bits per heavy atom. The van der Waals surface area contributed by atoms with Gasteiger partial charge in [0.2, 0.25) is 0 Å². The van der Waals surface area contributed by atoms with Crippen LogP contribution >= 0.6 is 11.6 Å². The van der Waals surface area contributed by atoms with E-state index in [1.165, 1.54) is 6.92 Å². The van der Waals surface area contributed by atoms with E-state index in [1.807, 2.05) is 0 Å². The second-order valence-corrected chi connectivity index (χ2v) is 2.50. The molecule has 1 N–H and O–H groups in total. The van der Waals surface area contributed by atoms with Crippen LogP contribution in [-0.2, 0) is 9.53 Å². The zero-order valence-corrected chi connectivity index (χ0v) is 7.10. The highest BCUT2D eigenvalue weighted by atomic mass is 35.5. The van der Waals surface area contributed by atoms with Gasteiger partial charge in [-0.1, -0.05) is 6.58 Å². The summed E-state index contributed by atoms with van der Waals surface area (Å²) in [6, 6.07) is 0. The quantitative estimate of drug-likeness (QED) is 0.392. The number of hydrogen-bond acceptors (Lipinski definition) is 3. The minimum atomic E-state index is -0.792. The average molecular weight is 179 g/mol. The lowest BCUT2D eigenvalue weighted by Gasteiger charge is -2.07. The summed E-state index contributed by atoms with van der Waals surface area (Å²) in [5.74, 6) is -0.446. The molecule has 0 saturated carbocycles. The zero-order chi connectivity index (χ0) is 8.85. The molecule has 0 aliphatic heterocycles. The maximum atomic E-state index is 10.7. The van der Waals surface area contributed by atoms with Crippen molar-refractivity contribution in [3.05, 3.63) is 12.2 Å². The van der Waals surface area contributed by atoms with E-state index in [4.69, 9.17) is 16.7 Å². The SMILES string of the molecule is C=C(C)C(=O)OC[C@H](O)CCl. The highest BCUT2D eigenvalue weighted by molar-refractivity contribution is 6.18. The molecule has 0 saturated heterocycles. The molecule has 4 heteroatoms. The predicted octanol–water partition coefficient (Wildman–Crippen LogP) is 0.705. The molecule has 0 spiro atoms. The molecule has 0 rings (SSSR count). The van der Waals surface area contributed by atoms with Gasteiger partial charge >= 0.3 is 5.97 Å². The number of carbonyl (C=O) groups excluding carboxylic acids is 1. The number of ether oxygens (including phenoxy) is 1. The van der Waals surface area contributed by atoms with Crippen LogP contribution < -0.4 is 0 Å². The second kappa shape index (κ2) is 5.16. The molecule has 0 unspecified atom stereocenters. The molecule has 0 bridgehead atoms. The van der Waals surface area contributed by atoms with Crippen molar-refractivity contribution in [1.82, 2.24) is 0 Å². The number of carbonyl (C=O) groups is 1. The van der Waals surface area contributed by atoms with Crippen molar-refractivity contribution in [2.24, 2.45) is 0 Å². The lowest BCUT2D eigenvalue weighted by Crippen LogP contribution is -2.19. The molecule has 0 aromatic heterocycles. The Labute approximate surface area is 70.6 Å². The summed E-state index contributed by atoms with van der Waals surface area (Å²) < 4.78 is 4.58. The maximum Gasteiger partial charge on any atom is 0.333 e. The van der Waals surface area contributed by atoms with E-state index in [1.54, 1.807) is 0 Å². The molecule has 0 amide bonds. The van der Waals surface area contributed by atoms with Gasteiger partial charge in [0.05, 0.1) is 5.88 Å². The zero-order valence-electron chi connectivity index (χ0n) is 6.34. The summed E-state index contributed by atoms with van der Waals surface area (Å²) in [6.07, 6.45) is -0.792. The number of rotatable bonds is 4. The fourth-order valence-corrected chi connectivity index (χ4v) is 0.429. The Morgan fingerprint density at radius 3 is 2.73 bits per heavy atom. The minimum Gasteiger partial charge on any atom is -0.460 e. The van der Waals surface area contributed by atoms with Gasteiger partial charge in [-0.05, 0) is 6.92 Å². The average Bonchev–Trinajstić information content (AvgIpc) is 1.99. The van der Waals surface area contributed by atoms with Gasteiger partial charge in [-0.25, -0.2) is 4.79 Å². The van der Waals surface area contributed by atoms with Crippen molar-refractivity contribution < 1.29 is 14.6 Å². The standard InChI is InChI=1S/C7H11ClO3/c1-5(2)7(10)11-4-6(9)3-8/h6,9H,1,3-4H2,2H3/t6-/m1/s1. The van der Waals surface area contributed by atoms with Gasteiger partial charge < -0.3 is 9.84 Å². The summed E-state index contributed by atoms with van der Waals surface area (Å²) in [7, 11) is 0. The van der Waals surface area contributed by atoms with Gasteiger partial charge in [-0.2, -0.15) is 0 Å². The number of hydrogen-bond donors (Lipinski definition) is 1. The van der Waals surface area contributed by atoms with Gasteiger partial charge in [-0.3, -0.25) is 0 Å². The fourth-order valence-electron chi connectivity index (χ4n) is 0.340. The monoisotopic (exact) mass is 178 g/mol. The van der Waals surface area contributed by atoms with Gasteiger partial charge in [0.1, 0.15) is 12.7 Å². The summed E-state index contributed by atoms with van der Waals surface area (Å²) in [5.41, 5.74) is 0.312. The molecule has 0 aliphatic rings. The van der Waals surface area contributed by atoms with Crippen molar-refractivity contribution in [3.63, 3.8) is 0 Å². The molecule has 11 heavy (non-hydrogen) atoms. The number of aliphatic hydroxyl groups excluding tert-OH is 1. The van der Waals surface area contributed by atoms with E-state index in [-0.39, 0.29) is 12.5 Å². The Kier molecular flexibility index (Phi) is 4.90. The normalized spacial score (nSPS) is 12.3. The highest BCUT2D eigenvalue weighted by Gasteiger charge is 2.07. The van der Waals surface area contributed by atoms with Gasteiger partial charge in [0.15, 0.2) is 0 Å². The Hall–Kier alpha value is -0.540. The summed E-state index contributed by atoms with van der Waals surface area (Å²) in [5, 5.41) is 8.85. The third-order valence-corrected chi connectivity index (χ3v) is 1.29. The molecule has 0 aromatic carbocycles. The first-order valence-corrected chi connectivity index (χ1v) is 3.68. The van der Waals surface area contributed by atoms with Crippen molar-refractivity contribution in [1.29, 1.82) is 0 Å². The van der Waals surface area contributed by atoms with Crippen LogP contribution in [0.2, 0.25) is 0 Å². The molecule has 0 heterocycles. The smallest absolute Gasteiger partial charge is 0.333 e. The lowest BCUT2D eigenvalue weighted by atomic mass is 10.3. The van der Waals surface area contributed by atoms with Crippen molar-refractivity contribution in [2.45, 2.75) is 13.0 Å². The lowest BCUT2D eigenvalue weighted by molar-refractivity contribution is -0.141. The number of esters is 1. The fraction of sp³-hybridized carbons (Fsp3) is 0.571. The van der Waals surface area contributed by atoms with Gasteiger partial charge in [0, 0.05) is 5.57 Å². The van der Waals surface area contributed by atoms with Crippen LogP contribution in [0.15, 0.2) is 12.2 Å². The summed E-state index contributed by atoms with van der Waals surface area (Å²) in [4.78, 5) is 10.7. The molecule has 0 radical (unpaired) electrons. The first-order chi connectivity index (χ1) is 5.07. The minimum absolute atomic E-state index is 0.0590. The van der Waals surface area contributed by atoms with E-state index in [9.17, 15) is 4.79 Å². The number of alkyl halides is 1. The first kappa shape index (κ1) is 10.5. The van der Waals surface area contributed by atoms with E-state index >= 15 is 0 Å². The third kappa shape index (κ3) is 4.81. The van der Waals surface area contributed by atoms with Crippen molar-refractivity contribution >= 4 is 17.6 Å². The predicted molar refractivity (Wildman–Crippen MR) is 42.5 cm³/mol. The van der Waals surface area contributed by atoms with Crippen molar-refractivity contribution in [3.8, 4) is 0 Å². The van der Waals surface area contributed by atoms with Crippen LogP contribution in [0.5, 0.6) is 0 Å². The highest BCUT2D eigenvalue weighted by Crippen LogP contribution is 1.94. The van der Waals surface area contributed by atoms with Crippen LogP contribution in [0.3, 0.4) is 0 Å². The third-order valence-electron chi connectivity index (χ3n) is 0.933. The largest absolute Gasteiger partial charge is 0.460 e. The van der Waals surface area contributed by atoms with Crippen molar-refractivity contribution in [2.75, 3.05) is 12.5 Å². The molecule has 3 nitrogen and oxygen atoms in total. The first-order valence-electron chi connectivity index (χ1n) is 3.14. The van der Waals surface area contributed by atoms with E-state index in [2.05, 4.69) is 11.3 Å². The molecular weight excluding hydrogens is 168 g/mol. The maximum absolute atomic E-state index is 10.7. The molecule has 0 aromatic rings. The molecule has 0 aliphatic carbocycles. The molecular formula is C7H11ClO3. The van der Waals surface area contributed by atoms with Crippen LogP contribution in [0.4, 0.5) is 0 Å². The van der Waals surface area contributed by atoms with Crippen LogP contribution in [0.1, 0.15) is 6.92 Å². The van der Waals surface area contributed by atoms with E-state index < -0.39 is 12.1 Å². The van der Waals surface area contributed by atoms with Gasteiger partial charge in [-0.15, -0.1) is 11.6 Å². The molecule has 0 fully saturated rings. The summed E-state index contributed by atoms with van der Waals surface area (Å²) in [6.45, 7) is 4.83. The van der Waals surface area contributed by atoms with Crippen LogP contribution in [0.25, 0.3) is 0 Å². The Bertz CT molecular complexity index is 156. The Balaban J connectivity index is 3.54. The van der Waals surface area contributed by atoms with Crippen LogP contribution in [0, 0.1) is 0 Å². The number of halogens is 1. The van der Waals surface area contributed by atoms with Gasteiger partial charge in [0.25, 0.3) is 0 Å².